The highest BCUT2D eigenvalue weighted by Crippen LogP contribution is 1.93. The summed E-state index contributed by atoms with van der Waals surface area (Å²) in [6.45, 7) is -0.168. The first-order valence-electron chi connectivity index (χ1n) is 5.79. The Balaban J connectivity index is 4.15. The molecule has 0 amide bonds. The molecule has 0 aliphatic carbocycles. The predicted molar refractivity (Wildman–Crippen MR) is 65.6 cm³/mol. The zero-order chi connectivity index (χ0) is 14.8. The average molecular weight is 279 g/mol. The summed E-state index contributed by atoms with van der Waals surface area (Å²) >= 11 is 0. The third kappa shape index (κ3) is 8.46. The third-order valence-electron chi connectivity index (χ3n) is 2.41. The largest absolute Gasteiger partial charge is 0.481 e. The molecule has 0 radical (unpaired) electrons. The zero-order valence-corrected chi connectivity index (χ0v) is 10.5. The van der Waals surface area contributed by atoms with E-state index in [0.717, 1.165) is 0 Å². The van der Waals surface area contributed by atoms with Crippen molar-refractivity contribution in [1.82, 2.24) is 10.6 Å². The summed E-state index contributed by atoms with van der Waals surface area (Å²) < 4.78 is 0. The van der Waals surface area contributed by atoms with Gasteiger partial charge in [0.1, 0.15) is 6.04 Å². The maximum Gasteiger partial charge on any atom is 0.321 e. The summed E-state index contributed by atoms with van der Waals surface area (Å²) in [4.78, 5) is 21.3. The number of rotatable bonds is 11. The van der Waals surface area contributed by atoms with Crippen LogP contribution < -0.4 is 16.4 Å². The first kappa shape index (κ1) is 17.7. The van der Waals surface area contributed by atoms with Gasteiger partial charge < -0.3 is 36.8 Å². The highest BCUT2D eigenvalue weighted by atomic mass is 16.4. The first-order chi connectivity index (χ1) is 8.90. The molecule has 9 nitrogen and oxygen atoms in total. The lowest BCUT2D eigenvalue weighted by Crippen LogP contribution is -2.50. The second-order valence-electron chi connectivity index (χ2n) is 4.13. The Hall–Kier alpha value is -1.26. The molecule has 9 heteroatoms. The number of carboxylic acid groups (broad SMARTS) is 2. The van der Waals surface area contributed by atoms with Crippen molar-refractivity contribution in [2.75, 3.05) is 26.3 Å². The Bertz CT molecular complexity index is 288. The van der Waals surface area contributed by atoms with E-state index >= 15 is 0 Å². The summed E-state index contributed by atoms with van der Waals surface area (Å²) in [7, 11) is 0. The molecule has 8 N–H and O–H groups in total. The van der Waals surface area contributed by atoms with Crippen LogP contribution in [-0.2, 0) is 9.59 Å². The molecule has 0 bridgehead atoms. The summed E-state index contributed by atoms with van der Waals surface area (Å²) in [6.07, 6.45) is -0.552. The number of hydrogen-bond donors (Lipinski definition) is 7. The topological polar surface area (TPSA) is 165 Å². The molecular formula is C10H21N3O6. The van der Waals surface area contributed by atoms with Crippen LogP contribution >= 0.6 is 0 Å². The van der Waals surface area contributed by atoms with Gasteiger partial charge in [0.05, 0.1) is 19.6 Å². The molecule has 0 aliphatic rings. The number of nitrogens with one attached hydrogen (secondary N) is 2. The average Bonchev–Trinajstić information content (AvgIpc) is 2.36. The van der Waals surface area contributed by atoms with Gasteiger partial charge in [-0.2, -0.15) is 0 Å². The number of carboxylic acids is 2. The van der Waals surface area contributed by atoms with Crippen LogP contribution in [0.25, 0.3) is 0 Å². The lowest BCUT2D eigenvalue weighted by molar-refractivity contribution is -0.146. The van der Waals surface area contributed by atoms with Crippen molar-refractivity contribution >= 4 is 11.9 Å². The van der Waals surface area contributed by atoms with Gasteiger partial charge in [0.2, 0.25) is 0 Å². The molecule has 0 fully saturated rings. The van der Waals surface area contributed by atoms with Crippen molar-refractivity contribution in [3.8, 4) is 0 Å². The second-order valence-corrected chi connectivity index (χ2v) is 4.13. The maximum absolute atomic E-state index is 10.8. The third-order valence-corrected chi connectivity index (χ3v) is 2.41. The molecule has 3 atom stereocenters. The summed E-state index contributed by atoms with van der Waals surface area (Å²) in [5, 5.41) is 40.5. The smallest absolute Gasteiger partial charge is 0.321 e. The minimum atomic E-state index is -1.27. The maximum atomic E-state index is 10.8. The lowest BCUT2D eigenvalue weighted by Gasteiger charge is -2.21. The minimum absolute atomic E-state index is 0.0683. The van der Waals surface area contributed by atoms with Gasteiger partial charge >= 0.3 is 11.9 Å². The van der Waals surface area contributed by atoms with Gasteiger partial charge in [-0.1, -0.05) is 0 Å². The normalized spacial score (nSPS) is 15.7. The lowest BCUT2D eigenvalue weighted by atomic mass is 10.2. The molecule has 0 saturated heterocycles. The van der Waals surface area contributed by atoms with Crippen molar-refractivity contribution in [3.63, 3.8) is 0 Å². The fourth-order valence-electron chi connectivity index (χ4n) is 1.29. The molecule has 0 aromatic rings. The second kappa shape index (κ2) is 9.64. The Morgan fingerprint density at radius 2 is 1.68 bits per heavy atom. The Labute approximate surface area is 110 Å². The van der Waals surface area contributed by atoms with Crippen LogP contribution in [0.3, 0.4) is 0 Å². The quantitative estimate of drug-likeness (QED) is 0.206. The van der Waals surface area contributed by atoms with Gasteiger partial charge in [0, 0.05) is 25.2 Å². The van der Waals surface area contributed by atoms with Crippen LogP contribution in [-0.4, -0.2) is 76.8 Å². The molecule has 0 rings (SSSR count). The van der Waals surface area contributed by atoms with Crippen molar-refractivity contribution in [1.29, 1.82) is 0 Å². The fourth-order valence-corrected chi connectivity index (χ4v) is 1.29. The van der Waals surface area contributed by atoms with E-state index in [0.29, 0.717) is 0 Å². The van der Waals surface area contributed by atoms with Crippen LogP contribution in [0, 0.1) is 0 Å². The van der Waals surface area contributed by atoms with E-state index in [2.05, 4.69) is 10.6 Å². The van der Waals surface area contributed by atoms with Crippen LogP contribution in [0.2, 0.25) is 0 Å². The number of aliphatic hydroxyl groups is 2. The Morgan fingerprint density at radius 1 is 1.05 bits per heavy atom. The number of nitrogens with two attached hydrogens (primary N) is 1. The van der Waals surface area contributed by atoms with Gasteiger partial charge in [0.15, 0.2) is 0 Å². The minimum Gasteiger partial charge on any atom is -0.481 e. The SMILES string of the molecule is NC(CO)CNC(CO)CNC(CC(=O)O)C(=O)O. The summed E-state index contributed by atoms with van der Waals surface area (Å²) in [5.41, 5.74) is 5.46. The van der Waals surface area contributed by atoms with E-state index in [9.17, 15) is 9.59 Å². The molecule has 0 aromatic heterocycles. The number of aliphatic hydroxyl groups excluding tert-OH is 2. The molecule has 19 heavy (non-hydrogen) atoms. The van der Waals surface area contributed by atoms with Gasteiger partial charge in [-0.25, -0.2) is 0 Å². The summed E-state index contributed by atoms with van der Waals surface area (Å²) in [5.74, 6) is -2.50. The van der Waals surface area contributed by atoms with E-state index in [4.69, 9.17) is 26.2 Å². The Kier molecular flexibility index (Phi) is 9.00. The van der Waals surface area contributed by atoms with E-state index in [-0.39, 0.29) is 26.3 Å². The molecule has 0 spiro atoms. The van der Waals surface area contributed by atoms with Gasteiger partial charge in [-0.3, -0.25) is 9.59 Å². The molecular weight excluding hydrogens is 258 g/mol. The van der Waals surface area contributed by atoms with Crippen molar-refractivity contribution in [3.05, 3.63) is 0 Å². The van der Waals surface area contributed by atoms with Crippen LogP contribution in [0.15, 0.2) is 0 Å². The van der Waals surface area contributed by atoms with Crippen molar-refractivity contribution in [2.24, 2.45) is 5.73 Å². The monoisotopic (exact) mass is 279 g/mol. The van der Waals surface area contributed by atoms with Crippen LogP contribution in [0.5, 0.6) is 0 Å². The predicted octanol–water partition coefficient (Wildman–Crippen LogP) is -3.23. The van der Waals surface area contributed by atoms with E-state index < -0.39 is 36.5 Å². The van der Waals surface area contributed by atoms with Crippen molar-refractivity contribution < 1.29 is 30.0 Å². The molecule has 3 unspecified atom stereocenters. The molecule has 0 heterocycles. The number of aliphatic carboxylic acids is 2. The summed E-state index contributed by atoms with van der Waals surface area (Å²) in [6, 6.07) is -2.18. The van der Waals surface area contributed by atoms with Gasteiger partial charge in [-0.15, -0.1) is 0 Å². The molecule has 0 aliphatic heterocycles. The standard InChI is InChI=1S/C10H21N3O6/c11-6(4-14)2-12-7(5-15)3-13-8(10(18)19)1-9(16)17/h6-8,12-15H,1-5,11H2,(H,16,17)(H,18,19). The molecule has 0 saturated carbocycles. The highest BCUT2D eigenvalue weighted by molar-refractivity contribution is 5.80. The zero-order valence-electron chi connectivity index (χ0n) is 10.5. The molecule has 112 valence electrons. The highest BCUT2D eigenvalue weighted by Gasteiger charge is 2.21. The Morgan fingerprint density at radius 3 is 2.11 bits per heavy atom. The van der Waals surface area contributed by atoms with Crippen LogP contribution in [0.4, 0.5) is 0 Å². The van der Waals surface area contributed by atoms with Gasteiger partial charge in [0.25, 0.3) is 0 Å². The van der Waals surface area contributed by atoms with Crippen molar-refractivity contribution in [2.45, 2.75) is 24.5 Å². The molecule has 0 aromatic carbocycles. The van der Waals surface area contributed by atoms with E-state index in [1.54, 1.807) is 0 Å². The first-order valence-corrected chi connectivity index (χ1v) is 5.79. The van der Waals surface area contributed by atoms with Gasteiger partial charge in [-0.05, 0) is 0 Å². The number of hydrogen-bond acceptors (Lipinski definition) is 7. The van der Waals surface area contributed by atoms with E-state index in [1.807, 2.05) is 0 Å². The van der Waals surface area contributed by atoms with E-state index in [1.165, 1.54) is 0 Å². The fraction of sp³-hybridized carbons (Fsp3) is 0.800. The number of carbonyl (C=O) groups is 2. The van der Waals surface area contributed by atoms with Crippen LogP contribution in [0.1, 0.15) is 6.42 Å².